The lowest BCUT2D eigenvalue weighted by Crippen LogP contribution is -2.42. The van der Waals surface area contributed by atoms with Crippen molar-refractivity contribution in [3.63, 3.8) is 0 Å². The molecular formula is C14H22N2O3S. The molecule has 20 heavy (non-hydrogen) atoms. The molecule has 2 rings (SSSR count). The van der Waals surface area contributed by atoms with Gasteiger partial charge in [0.25, 0.3) is 0 Å². The van der Waals surface area contributed by atoms with E-state index in [1.54, 1.807) is 6.92 Å². The van der Waals surface area contributed by atoms with E-state index in [9.17, 15) is 9.59 Å². The number of carbonyl (C=O) groups excluding carboxylic acids is 2. The Bertz CT molecular complexity index is 430. The highest BCUT2D eigenvalue weighted by molar-refractivity contribution is 8.04. The van der Waals surface area contributed by atoms with Gasteiger partial charge in [0, 0.05) is 19.0 Å². The third kappa shape index (κ3) is 2.95. The summed E-state index contributed by atoms with van der Waals surface area (Å²) in [5.74, 6) is -0.475. The standard InChI is InChI=1S/C14H22N2O3S/c1-3-19-14(18)10-9(2)11(20-12(10)15)13(17)16-7-5-4-6-8-16/h9,11H,3-8,15H2,1-2H3. The summed E-state index contributed by atoms with van der Waals surface area (Å²) in [5.41, 5.74) is 6.39. The van der Waals surface area contributed by atoms with E-state index in [4.69, 9.17) is 10.5 Å². The Morgan fingerprint density at radius 2 is 2.00 bits per heavy atom. The Morgan fingerprint density at radius 1 is 1.35 bits per heavy atom. The Balaban J connectivity index is 2.06. The lowest BCUT2D eigenvalue weighted by molar-refractivity contribution is -0.139. The van der Waals surface area contributed by atoms with Crippen LogP contribution in [0.3, 0.4) is 0 Å². The Hall–Kier alpha value is -1.17. The first-order valence-electron chi connectivity index (χ1n) is 7.18. The monoisotopic (exact) mass is 298 g/mol. The molecule has 6 heteroatoms. The Kier molecular flexibility index (Phi) is 4.96. The number of hydrogen-bond donors (Lipinski definition) is 1. The van der Waals surface area contributed by atoms with Gasteiger partial charge in [0.2, 0.25) is 5.91 Å². The van der Waals surface area contributed by atoms with Gasteiger partial charge in [0.05, 0.1) is 22.5 Å². The van der Waals surface area contributed by atoms with E-state index >= 15 is 0 Å². The third-order valence-electron chi connectivity index (χ3n) is 3.84. The molecule has 1 amide bonds. The van der Waals surface area contributed by atoms with E-state index in [0.29, 0.717) is 17.2 Å². The lowest BCUT2D eigenvalue weighted by atomic mass is 9.97. The van der Waals surface area contributed by atoms with Crippen molar-refractivity contribution in [3.8, 4) is 0 Å². The molecule has 0 aromatic carbocycles. The van der Waals surface area contributed by atoms with Gasteiger partial charge in [0.15, 0.2) is 0 Å². The van der Waals surface area contributed by atoms with E-state index in [0.717, 1.165) is 25.9 Å². The highest BCUT2D eigenvalue weighted by Gasteiger charge is 2.41. The summed E-state index contributed by atoms with van der Waals surface area (Å²) in [6.45, 7) is 5.59. The topological polar surface area (TPSA) is 72.6 Å². The molecule has 112 valence electrons. The summed E-state index contributed by atoms with van der Waals surface area (Å²) in [4.78, 5) is 26.4. The highest BCUT2D eigenvalue weighted by Crippen LogP contribution is 2.41. The van der Waals surface area contributed by atoms with Gasteiger partial charge in [-0.25, -0.2) is 4.79 Å². The second-order valence-corrected chi connectivity index (χ2v) is 6.39. The third-order valence-corrected chi connectivity index (χ3v) is 5.17. The van der Waals surface area contributed by atoms with Crippen molar-refractivity contribution in [1.29, 1.82) is 0 Å². The number of piperidine rings is 1. The summed E-state index contributed by atoms with van der Waals surface area (Å²) in [6.07, 6.45) is 3.31. The fourth-order valence-electron chi connectivity index (χ4n) is 2.73. The SMILES string of the molecule is CCOC(=O)C1=C(N)SC(C(=O)N2CCCCC2)C1C. The zero-order valence-electron chi connectivity index (χ0n) is 12.1. The van der Waals surface area contributed by atoms with Crippen molar-refractivity contribution in [1.82, 2.24) is 4.90 Å². The first-order valence-corrected chi connectivity index (χ1v) is 8.06. The van der Waals surface area contributed by atoms with Crippen molar-refractivity contribution in [3.05, 3.63) is 10.6 Å². The average Bonchev–Trinajstić information content (AvgIpc) is 2.74. The van der Waals surface area contributed by atoms with E-state index < -0.39 is 0 Å². The van der Waals surface area contributed by atoms with Gasteiger partial charge >= 0.3 is 5.97 Å². The van der Waals surface area contributed by atoms with Gasteiger partial charge in [0.1, 0.15) is 0 Å². The average molecular weight is 298 g/mol. The van der Waals surface area contributed by atoms with E-state index in [2.05, 4.69) is 0 Å². The molecule has 0 aromatic heterocycles. The second kappa shape index (κ2) is 6.52. The summed E-state index contributed by atoms with van der Waals surface area (Å²) in [5, 5.41) is 0.152. The zero-order chi connectivity index (χ0) is 14.7. The van der Waals surface area contributed by atoms with Crippen molar-refractivity contribution < 1.29 is 14.3 Å². The van der Waals surface area contributed by atoms with Crippen molar-refractivity contribution in [2.24, 2.45) is 11.7 Å². The maximum atomic E-state index is 12.6. The molecule has 1 fully saturated rings. The number of amides is 1. The minimum absolute atomic E-state index is 0.101. The quantitative estimate of drug-likeness (QED) is 0.799. The van der Waals surface area contributed by atoms with Crippen LogP contribution in [0, 0.1) is 5.92 Å². The molecule has 2 heterocycles. The maximum absolute atomic E-state index is 12.6. The predicted molar refractivity (Wildman–Crippen MR) is 78.8 cm³/mol. The van der Waals surface area contributed by atoms with Gasteiger partial charge < -0.3 is 15.4 Å². The van der Waals surface area contributed by atoms with E-state index in [1.807, 2.05) is 11.8 Å². The van der Waals surface area contributed by atoms with Crippen LogP contribution in [0.2, 0.25) is 0 Å². The second-order valence-electron chi connectivity index (χ2n) is 5.21. The number of esters is 1. The molecule has 2 N–H and O–H groups in total. The van der Waals surface area contributed by atoms with Crippen LogP contribution in [0.4, 0.5) is 0 Å². The molecule has 2 unspecified atom stereocenters. The minimum Gasteiger partial charge on any atom is -0.463 e. The van der Waals surface area contributed by atoms with Crippen LogP contribution in [0.15, 0.2) is 10.6 Å². The molecule has 2 aliphatic rings. The van der Waals surface area contributed by atoms with Gasteiger partial charge in [-0.1, -0.05) is 18.7 Å². The summed E-state index contributed by atoms with van der Waals surface area (Å²) >= 11 is 1.30. The van der Waals surface area contributed by atoms with Gasteiger partial charge in [-0.2, -0.15) is 0 Å². The molecule has 0 spiro atoms. The lowest BCUT2D eigenvalue weighted by Gasteiger charge is -2.30. The van der Waals surface area contributed by atoms with Crippen LogP contribution in [0.25, 0.3) is 0 Å². The van der Waals surface area contributed by atoms with E-state index in [-0.39, 0.29) is 23.0 Å². The molecule has 2 atom stereocenters. The Labute approximate surface area is 123 Å². The normalized spacial score (nSPS) is 26.8. The van der Waals surface area contributed by atoms with E-state index in [1.165, 1.54) is 18.2 Å². The van der Waals surface area contributed by atoms with Gasteiger partial charge in [-0.15, -0.1) is 0 Å². The molecule has 0 saturated carbocycles. The fourth-order valence-corrected chi connectivity index (χ4v) is 3.99. The fraction of sp³-hybridized carbons (Fsp3) is 0.714. The number of rotatable bonds is 3. The molecule has 1 saturated heterocycles. The summed E-state index contributed by atoms with van der Waals surface area (Å²) in [7, 11) is 0. The van der Waals surface area contributed by atoms with Gasteiger partial charge in [-0.05, 0) is 26.2 Å². The van der Waals surface area contributed by atoms with Crippen molar-refractivity contribution in [2.45, 2.75) is 38.4 Å². The number of ether oxygens (including phenoxy) is 1. The number of thioether (sulfide) groups is 1. The first kappa shape index (κ1) is 15.2. The van der Waals surface area contributed by atoms with Gasteiger partial charge in [-0.3, -0.25) is 4.79 Å². The van der Waals surface area contributed by atoms with Crippen molar-refractivity contribution >= 4 is 23.6 Å². The first-order chi connectivity index (χ1) is 9.56. The van der Waals surface area contributed by atoms with Crippen LogP contribution in [-0.2, 0) is 14.3 Å². The molecule has 2 aliphatic heterocycles. The predicted octanol–water partition coefficient (Wildman–Crippen LogP) is 1.48. The van der Waals surface area contributed by atoms with Crippen LogP contribution in [-0.4, -0.2) is 41.7 Å². The summed E-state index contributed by atoms with van der Waals surface area (Å²) < 4.78 is 5.03. The van der Waals surface area contributed by atoms with Crippen LogP contribution >= 0.6 is 11.8 Å². The number of nitrogens with two attached hydrogens (primary N) is 1. The number of likely N-dealkylation sites (tertiary alicyclic amines) is 1. The molecule has 5 nitrogen and oxygen atoms in total. The number of hydrogen-bond acceptors (Lipinski definition) is 5. The molecular weight excluding hydrogens is 276 g/mol. The zero-order valence-corrected chi connectivity index (χ0v) is 12.9. The van der Waals surface area contributed by atoms with Crippen LogP contribution in [0.5, 0.6) is 0 Å². The van der Waals surface area contributed by atoms with Crippen LogP contribution < -0.4 is 5.73 Å². The van der Waals surface area contributed by atoms with Crippen molar-refractivity contribution in [2.75, 3.05) is 19.7 Å². The van der Waals surface area contributed by atoms with Crippen LogP contribution in [0.1, 0.15) is 33.1 Å². The Morgan fingerprint density at radius 3 is 2.60 bits per heavy atom. The highest BCUT2D eigenvalue weighted by atomic mass is 32.2. The largest absolute Gasteiger partial charge is 0.463 e. The molecule has 0 bridgehead atoms. The maximum Gasteiger partial charge on any atom is 0.336 e. The molecule has 0 aliphatic carbocycles. The molecule has 0 aromatic rings. The molecule has 0 radical (unpaired) electrons. The number of nitrogens with zero attached hydrogens (tertiary/aromatic N) is 1. The smallest absolute Gasteiger partial charge is 0.336 e. The summed E-state index contributed by atoms with van der Waals surface area (Å²) in [6, 6.07) is 0. The number of carbonyl (C=O) groups is 2. The minimum atomic E-state index is -0.390.